The largest absolute Gasteiger partial charge is 0.505 e. The number of benzene rings is 1. The molecule has 0 unspecified atom stereocenters. The second kappa shape index (κ2) is 3.31. The summed E-state index contributed by atoms with van der Waals surface area (Å²) in [6.45, 7) is 3.65. The molecule has 1 aromatic carbocycles. The molecular weight excluding hydrogens is 179 g/mol. The van der Waals surface area contributed by atoms with Crippen LogP contribution in [0.5, 0.6) is 5.75 Å². The van der Waals surface area contributed by atoms with E-state index in [0.717, 1.165) is 5.56 Å². The summed E-state index contributed by atoms with van der Waals surface area (Å²) < 4.78 is 13.0. The number of hydrogen-bond donors (Lipinski definition) is 1. The quantitative estimate of drug-likeness (QED) is 0.718. The van der Waals surface area contributed by atoms with Crippen LogP contribution in [0.2, 0.25) is 5.02 Å². The van der Waals surface area contributed by atoms with Crippen LogP contribution in [0.1, 0.15) is 18.1 Å². The molecule has 12 heavy (non-hydrogen) atoms. The topological polar surface area (TPSA) is 20.2 Å². The van der Waals surface area contributed by atoms with Gasteiger partial charge in [0.2, 0.25) is 0 Å². The van der Waals surface area contributed by atoms with Gasteiger partial charge in [0, 0.05) is 0 Å². The average molecular weight is 189 g/mol. The van der Waals surface area contributed by atoms with Crippen molar-refractivity contribution in [3.05, 3.63) is 28.0 Å². The van der Waals surface area contributed by atoms with Crippen LogP contribution in [0, 0.1) is 12.7 Å². The summed E-state index contributed by atoms with van der Waals surface area (Å²) in [6, 6.07) is 1.52. The zero-order valence-electron chi connectivity index (χ0n) is 6.99. The van der Waals surface area contributed by atoms with Crippen molar-refractivity contribution in [1.82, 2.24) is 0 Å². The van der Waals surface area contributed by atoms with Gasteiger partial charge >= 0.3 is 0 Å². The molecule has 1 rings (SSSR count). The van der Waals surface area contributed by atoms with Crippen molar-refractivity contribution >= 4 is 11.6 Å². The number of phenolic OH excluding ortho intramolecular Hbond substituents is 1. The lowest BCUT2D eigenvalue weighted by Crippen LogP contribution is -1.91. The molecule has 0 aliphatic carbocycles. The first-order valence-corrected chi connectivity index (χ1v) is 4.12. The molecule has 0 atom stereocenters. The molecular formula is C9H10ClFO. The minimum absolute atomic E-state index is 0.0257. The van der Waals surface area contributed by atoms with Crippen molar-refractivity contribution in [2.45, 2.75) is 20.3 Å². The summed E-state index contributed by atoms with van der Waals surface area (Å²) in [7, 11) is 0. The molecule has 0 aromatic heterocycles. The average Bonchev–Trinajstić information content (AvgIpc) is 2.01. The number of halogens is 2. The fourth-order valence-corrected chi connectivity index (χ4v) is 1.47. The number of phenols is 1. The van der Waals surface area contributed by atoms with Crippen molar-refractivity contribution in [2.75, 3.05) is 0 Å². The van der Waals surface area contributed by atoms with Crippen LogP contribution in [0.3, 0.4) is 0 Å². The molecule has 0 aliphatic heterocycles. The van der Waals surface area contributed by atoms with Gasteiger partial charge < -0.3 is 5.11 Å². The van der Waals surface area contributed by atoms with Crippen LogP contribution in [0.25, 0.3) is 0 Å². The summed E-state index contributed by atoms with van der Waals surface area (Å²) in [5.74, 6) is -1.04. The molecule has 0 fully saturated rings. The van der Waals surface area contributed by atoms with E-state index in [2.05, 4.69) is 0 Å². The highest BCUT2D eigenvalue weighted by molar-refractivity contribution is 6.31. The van der Waals surface area contributed by atoms with E-state index < -0.39 is 5.82 Å². The third-order valence-electron chi connectivity index (χ3n) is 1.88. The second-order valence-corrected chi connectivity index (χ2v) is 3.08. The fraction of sp³-hybridized carbons (Fsp3) is 0.333. The molecule has 0 saturated heterocycles. The van der Waals surface area contributed by atoms with E-state index in [1.54, 1.807) is 6.92 Å². The van der Waals surface area contributed by atoms with Gasteiger partial charge in [0.25, 0.3) is 0 Å². The predicted molar refractivity (Wildman–Crippen MR) is 47.2 cm³/mol. The van der Waals surface area contributed by atoms with Gasteiger partial charge in [0.15, 0.2) is 11.6 Å². The maximum atomic E-state index is 13.0. The van der Waals surface area contributed by atoms with E-state index in [9.17, 15) is 9.50 Å². The van der Waals surface area contributed by atoms with E-state index in [0.29, 0.717) is 12.0 Å². The standard InChI is InChI=1S/C9H10ClFO/c1-3-6-5(2)4-7(10)8(11)9(6)12/h4,12H,3H2,1-2H3. The highest BCUT2D eigenvalue weighted by Gasteiger charge is 2.12. The van der Waals surface area contributed by atoms with Gasteiger partial charge in [-0.1, -0.05) is 18.5 Å². The normalized spacial score (nSPS) is 10.3. The first kappa shape index (κ1) is 9.33. The predicted octanol–water partition coefficient (Wildman–Crippen LogP) is 3.06. The van der Waals surface area contributed by atoms with Gasteiger partial charge in [-0.15, -0.1) is 0 Å². The lowest BCUT2D eigenvalue weighted by molar-refractivity contribution is 0.426. The highest BCUT2D eigenvalue weighted by atomic mass is 35.5. The van der Waals surface area contributed by atoms with E-state index >= 15 is 0 Å². The summed E-state index contributed by atoms with van der Waals surface area (Å²) in [4.78, 5) is 0. The summed E-state index contributed by atoms with van der Waals surface area (Å²) in [5.41, 5.74) is 1.44. The van der Waals surface area contributed by atoms with E-state index in [4.69, 9.17) is 11.6 Å². The van der Waals surface area contributed by atoms with Crippen LogP contribution in [0.15, 0.2) is 6.07 Å². The number of aromatic hydroxyl groups is 1. The van der Waals surface area contributed by atoms with Crippen LogP contribution < -0.4 is 0 Å². The lowest BCUT2D eigenvalue weighted by atomic mass is 10.1. The summed E-state index contributed by atoms with van der Waals surface area (Å²) in [6.07, 6.45) is 0.603. The maximum Gasteiger partial charge on any atom is 0.183 e. The minimum Gasteiger partial charge on any atom is -0.505 e. The Morgan fingerprint density at radius 1 is 1.58 bits per heavy atom. The van der Waals surface area contributed by atoms with Crippen molar-refractivity contribution < 1.29 is 9.50 Å². The second-order valence-electron chi connectivity index (χ2n) is 2.67. The molecule has 0 heterocycles. The molecule has 0 aliphatic rings. The first-order chi connectivity index (χ1) is 5.57. The highest BCUT2D eigenvalue weighted by Crippen LogP contribution is 2.30. The number of rotatable bonds is 1. The van der Waals surface area contributed by atoms with Gasteiger partial charge in [-0.25, -0.2) is 4.39 Å². The molecule has 0 spiro atoms. The Kier molecular flexibility index (Phi) is 2.58. The number of hydrogen-bond acceptors (Lipinski definition) is 1. The van der Waals surface area contributed by atoms with Crippen molar-refractivity contribution in [1.29, 1.82) is 0 Å². The fourth-order valence-electron chi connectivity index (χ4n) is 1.22. The monoisotopic (exact) mass is 188 g/mol. The Morgan fingerprint density at radius 3 is 2.67 bits per heavy atom. The van der Waals surface area contributed by atoms with Crippen molar-refractivity contribution in [3.8, 4) is 5.75 Å². The molecule has 0 radical (unpaired) electrons. The van der Waals surface area contributed by atoms with Crippen molar-refractivity contribution in [2.24, 2.45) is 0 Å². The molecule has 0 saturated carbocycles. The maximum absolute atomic E-state index is 13.0. The summed E-state index contributed by atoms with van der Waals surface area (Å²) >= 11 is 5.51. The zero-order valence-corrected chi connectivity index (χ0v) is 7.74. The van der Waals surface area contributed by atoms with E-state index in [1.807, 2.05) is 6.92 Å². The van der Waals surface area contributed by atoms with Crippen LogP contribution in [0.4, 0.5) is 4.39 Å². The molecule has 3 heteroatoms. The Labute approximate surface area is 75.8 Å². The Bertz CT molecular complexity index is 310. The van der Waals surface area contributed by atoms with Gasteiger partial charge in [-0.2, -0.15) is 0 Å². The third-order valence-corrected chi connectivity index (χ3v) is 2.15. The SMILES string of the molecule is CCc1c(C)cc(Cl)c(F)c1O. The molecule has 1 aromatic rings. The Balaban J connectivity index is 3.40. The zero-order chi connectivity index (χ0) is 9.30. The van der Waals surface area contributed by atoms with Crippen LogP contribution in [-0.4, -0.2) is 5.11 Å². The van der Waals surface area contributed by atoms with E-state index in [1.165, 1.54) is 6.07 Å². The Morgan fingerprint density at radius 2 is 2.17 bits per heavy atom. The molecule has 1 N–H and O–H groups in total. The van der Waals surface area contributed by atoms with Gasteiger partial charge in [0.05, 0.1) is 5.02 Å². The molecule has 0 bridgehead atoms. The van der Waals surface area contributed by atoms with Crippen LogP contribution >= 0.6 is 11.6 Å². The summed E-state index contributed by atoms with van der Waals surface area (Å²) in [5, 5.41) is 9.27. The van der Waals surface area contributed by atoms with Gasteiger partial charge in [0.1, 0.15) is 0 Å². The first-order valence-electron chi connectivity index (χ1n) is 3.74. The van der Waals surface area contributed by atoms with Crippen molar-refractivity contribution in [3.63, 3.8) is 0 Å². The Hall–Kier alpha value is -0.760. The molecule has 1 nitrogen and oxygen atoms in total. The lowest BCUT2D eigenvalue weighted by Gasteiger charge is -2.07. The third kappa shape index (κ3) is 1.39. The van der Waals surface area contributed by atoms with Gasteiger partial charge in [-0.05, 0) is 30.5 Å². The molecule has 66 valence electrons. The number of aryl methyl sites for hydroxylation is 1. The van der Waals surface area contributed by atoms with Gasteiger partial charge in [-0.3, -0.25) is 0 Å². The molecule has 0 amide bonds. The van der Waals surface area contributed by atoms with E-state index in [-0.39, 0.29) is 10.8 Å². The smallest absolute Gasteiger partial charge is 0.183 e. The van der Waals surface area contributed by atoms with Crippen LogP contribution in [-0.2, 0) is 6.42 Å². The minimum atomic E-state index is -0.723.